The van der Waals surface area contributed by atoms with E-state index >= 15 is 0 Å². The molecule has 5 nitrogen and oxygen atoms in total. The zero-order valence-corrected chi connectivity index (χ0v) is 13.2. The molecule has 2 aromatic heterocycles. The number of benzene rings is 1. The van der Waals surface area contributed by atoms with Crippen molar-refractivity contribution in [1.82, 2.24) is 19.6 Å². The van der Waals surface area contributed by atoms with Crippen molar-refractivity contribution in [3.63, 3.8) is 0 Å². The number of nitrogens with one attached hydrogen (secondary N) is 1. The molecule has 0 fully saturated rings. The van der Waals surface area contributed by atoms with Gasteiger partial charge in [-0.1, -0.05) is 27.5 Å². The maximum absolute atomic E-state index is 6.00. The molecule has 0 radical (unpaired) electrons. The second-order valence-corrected chi connectivity index (χ2v) is 5.67. The minimum absolute atomic E-state index is 0.374. The first-order valence-electron chi connectivity index (χ1n) is 5.94. The van der Waals surface area contributed by atoms with Gasteiger partial charge in [-0.05, 0) is 37.1 Å². The van der Waals surface area contributed by atoms with Crippen molar-refractivity contribution in [2.45, 2.75) is 13.8 Å². The van der Waals surface area contributed by atoms with E-state index in [2.05, 4.69) is 36.3 Å². The van der Waals surface area contributed by atoms with Crippen LogP contribution in [0.1, 0.15) is 11.1 Å². The Morgan fingerprint density at radius 3 is 2.60 bits per heavy atom. The fraction of sp³-hybridized carbons (Fsp3) is 0.154. The van der Waals surface area contributed by atoms with E-state index in [1.165, 1.54) is 6.33 Å². The molecule has 0 amide bonds. The largest absolute Gasteiger partial charge is 0.340 e. The Hall–Kier alpha value is -1.66. The number of halogens is 2. The summed E-state index contributed by atoms with van der Waals surface area (Å²) in [4.78, 5) is 8.13. The highest BCUT2D eigenvalue weighted by molar-refractivity contribution is 9.10. The summed E-state index contributed by atoms with van der Waals surface area (Å²) < 4.78 is 2.72. The van der Waals surface area contributed by atoms with Crippen LogP contribution in [0.3, 0.4) is 0 Å². The van der Waals surface area contributed by atoms with Crippen molar-refractivity contribution in [1.29, 1.82) is 0 Å². The van der Waals surface area contributed by atoms with E-state index in [0.29, 0.717) is 10.9 Å². The van der Waals surface area contributed by atoms with Gasteiger partial charge in [0.25, 0.3) is 5.78 Å². The molecule has 1 aromatic carbocycles. The van der Waals surface area contributed by atoms with E-state index in [9.17, 15) is 0 Å². The molecular weight excluding hydrogens is 342 g/mol. The highest BCUT2D eigenvalue weighted by Crippen LogP contribution is 2.27. The van der Waals surface area contributed by atoms with Crippen molar-refractivity contribution in [2.24, 2.45) is 0 Å². The molecule has 3 rings (SSSR count). The molecule has 20 heavy (non-hydrogen) atoms. The Morgan fingerprint density at radius 1 is 1.20 bits per heavy atom. The number of anilines is 2. The van der Waals surface area contributed by atoms with Crippen molar-refractivity contribution in [2.75, 3.05) is 5.32 Å². The number of hydrogen-bond donors (Lipinski definition) is 1. The quantitative estimate of drug-likeness (QED) is 0.711. The number of aromatic nitrogens is 4. The second-order valence-electron chi connectivity index (χ2n) is 4.48. The second kappa shape index (κ2) is 5.03. The molecule has 3 aromatic rings. The fourth-order valence-electron chi connectivity index (χ4n) is 2.04. The Bertz CT molecular complexity index is 776. The van der Waals surface area contributed by atoms with Crippen molar-refractivity contribution in [3.05, 3.63) is 45.3 Å². The molecule has 0 aliphatic heterocycles. The minimum atomic E-state index is 0.374. The van der Waals surface area contributed by atoms with Crippen LogP contribution >= 0.6 is 27.5 Å². The lowest BCUT2D eigenvalue weighted by molar-refractivity contribution is 0.947. The Balaban J connectivity index is 2.07. The predicted octanol–water partition coefficient (Wildman–Crippen LogP) is 3.90. The average Bonchev–Trinajstić information content (AvgIpc) is 2.84. The smallest absolute Gasteiger partial charge is 0.255 e. The maximum atomic E-state index is 6.00. The molecular formula is C13H11BrClN5. The van der Waals surface area contributed by atoms with Crippen LogP contribution in [0.2, 0.25) is 5.15 Å². The van der Waals surface area contributed by atoms with Crippen LogP contribution in [0.25, 0.3) is 5.78 Å². The number of aryl methyl sites for hydroxylation is 2. The Morgan fingerprint density at radius 2 is 1.90 bits per heavy atom. The molecule has 1 N–H and O–H groups in total. The minimum Gasteiger partial charge on any atom is -0.340 e. The molecule has 0 aliphatic carbocycles. The maximum Gasteiger partial charge on any atom is 0.255 e. The first kappa shape index (κ1) is 13.3. The van der Waals surface area contributed by atoms with Gasteiger partial charge in [0.05, 0.1) is 0 Å². The van der Waals surface area contributed by atoms with Gasteiger partial charge in [-0.25, -0.2) is 0 Å². The number of fused-ring (bicyclic) bond motifs is 1. The molecule has 102 valence electrons. The lowest BCUT2D eigenvalue weighted by Gasteiger charge is -2.11. The molecule has 0 spiro atoms. The van der Waals surface area contributed by atoms with Crippen LogP contribution in [0.5, 0.6) is 0 Å². The molecule has 0 bridgehead atoms. The van der Waals surface area contributed by atoms with E-state index in [4.69, 9.17) is 11.6 Å². The van der Waals surface area contributed by atoms with Crippen molar-refractivity contribution < 1.29 is 0 Å². The van der Waals surface area contributed by atoms with E-state index in [-0.39, 0.29) is 0 Å². The fourth-order valence-corrected chi connectivity index (χ4v) is 2.45. The summed E-state index contributed by atoms with van der Waals surface area (Å²) in [5.41, 5.74) is 3.27. The van der Waals surface area contributed by atoms with E-state index < -0.39 is 0 Å². The third-order valence-corrected chi connectivity index (χ3v) is 4.37. The first-order chi connectivity index (χ1) is 9.54. The normalized spacial score (nSPS) is 11.0. The van der Waals surface area contributed by atoms with E-state index in [1.54, 1.807) is 10.6 Å². The van der Waals surface area contributed by atoms with E-state index in [0.717, 1.165) is 27.1 Å². The van der Waals surface area contributed by atoms with Gasteiger partial charge in [0.15, 0.2) is 0 Å². The average molecular weight is 353 g/mol. The van der Waals surface area contributed by atoms with Crippen molar-refractivity contribution >= 4 is 44.8 Å². The zero-order valence-electron chi connectivity index (χ0n) is 10.9. The number of rotatable bonds is 2. The molecule has 0 unspecified atom stereocenters. The summed E-state index contributed by atoms with van der Waals surface area (Å²) in [6.07, 6.45) is 1.45. The van der Waals surface area contributed by atoms with Gasteiger partial charge in [0.1, 0.15) is 17.3 Å². The Kier molecular flexibility index (Phi) is 3.35. The molecule has 0 aliphatic rings. The zero-order chi connectivity index (χ0) is 14.3. The van der Waals surface area contributed by atoms with Gasteiger partial charge in [0, 0.05) is 16.2 Å². The third kappa shape index (κ3) is 2.36. The van der Waals surface area contributed by atoms with Crippen LogP contribution in [-0.2, 0) is 0 Å². The van der Waals surface area contributed by atoms with Gasteiger partial charge >= 0.3 is 0 Å². The molecule has 2 heterocycles. The van der Waals surface area contributed by atoms with Gasteiger partial charge in [0.2, 0.25) is 0 Å². The number of hydrogen-bond acceptors (Lipinski definition) is 4. The summed E-state index contributed by atoms with van der Waals surface area (Å²) in [5, 5.41) is 7.80. The standard InChI is InChI=1S/C13H11BrClN5/c1-7-3-9(4-8(2)12(7)14)18-11-5-10(15)19-13-16-6-17-20(11)13/h3-6,18H,1-2H3. The predicted molar refractivity (Wildman–Crippen MR) is 82.7 cm³/mol. The third-order valence-electron chi connectivity index (χ3n) is 2.93. The van der Waals surface area contributed by atoms with Gasteiger partial charge in [-0.15, -0.1) is 0 Å². The monoisotopic (exact) mass is 351 g/mol. The summed E-state index contributed by atoms with van der Waals surface area (Å²) >= 11 is 9.55. The topological polar surface area (TPSA) is 55.1 Å². The van der Waals surface area contributed by atoms with Gasteiger partial charge in [-0.2, -0.15) is 19.6 Å². The van der Waals surface area contributed by atoms with Crippen LogP contribution in [0.4, 0.5) is 11.5 Å². The molecule has 0 saturated carbocycles. The number of nitrogens with zero attached hydrogens (tertiary/aromatic N) is 4. The molecule has 7 heteroatoms. The molecule has 0 atom stereocenters. The van der Waals surface area contributed by atoms with Crippen LogP contribution in [0.15, 0.2) is 29.0 Å². The lowest BCUT2D eigenvalue weighted by Crippen LogP contribution is -2.02. The first-order valence-corrected chi connectivity index (χ1v) is 7.12. The summed E-state index contributed by atoms with van der Waals surface area (Å²) in [5.74, 6) is 1.18. The van der Waals surface area contributed by atoms with Crippen LogP contribution in [0, 0.1) is 13.8 Å². The SMILES string of the molecule is Cc1cc(Nc2cc(Cl)nc3ncnn23)cc(C)c1Br. The van der Waals surface area contributed by atoms with Crippen molar-refractivity contribution in [3.8, 4) is 0 Å². The summed E-state index contributed by atoms with van der Waals surface area (Å²) in [6.45, 7) is 4.10. The van der Waals surface area contributed by atoms with Gasteiger partial charge < -0.3 is 5.32 Å². The van der Waals surface area contributed by atoms with Crippen LogP contribution < -0.4 is 5.32 Å². The summed E-state index contributed by atoms with van der Waals surface area (Å²) in [6, 6.07) is 5.82. The summed E-state index contributed by atoms with van der Waals surface area (Å²) in [7, 11) is 0. The van der Waals surface area contributed by atoms with E-state index in [1.807, 2.05) is 26.0 Å². The highest BCUT2D eigenvalue weighted by atomic mass is 79.9. The lowest BCUT2D eigenvalue weighted by atomic mass is 10.1. The van der Waals surface area contributed by atoms with Crippen LogP contribution in [-0.4, -0.2) is 19.6 Å². The van der Waals surface area contributed by atoms with Gasteiger partial charge in [-0.3, -0.25) is 0 Å². The molecule has 0 saturated heterocycles. The Labute approximate surface area is 129 Å². The highest BCUT2D eigenvalue weighted by Gasteiger charge is 2.08.